The normalized spacial score (nSPS) is 14.3. The van der Waals surface area contributed by atoms with Gasteiger partial charge in [-0.15, -0.1) is 0 Å². The van der Waals surface area contributed by atoms with Crippen LogP contribution in [0.5, 0.6) is 0 Å². The third-order valence-electron chi connectivity index (χ3n) is 6.53. The second-order valence-corrected chi connectivity index (χ2v) is 10.6. The predicted molar refractivity (Wildman–Crippen MR) is 144 cm³/mol. The average Bonchev–Trinajstić information content (AvgIpc) is 2.88. The van der Waals surface area contributed by atoms with Crippen molar-refractivity contribution in [3.8, 4) is 11.1 Å². The Hall–Kier alpha value is -3.97. The summed E-state index contributed by atoms with van der Waals surface area (Å²) >= 11 is 5.95. The Labute approximate surface area is 219 Å². The van der Waals surface area contributed by atoms with Crippen LogP contribution >= 0.6 is 11.6 Å². The molecule has 0 spiro atoms. The van der Waals surface area contributed by atoms with E-state index in [0.29, 0.717) is 29.1 Å². The molecule has 2 aromatic carbocycles. The number of hydrogen-bond acceptors (Lipinski definition) is 4. The number of rotatable bonds is 6. The molecular weight excluding hydrogens is 488 g/mol. The Morgan fingerprint density at radius 3 is 2.38 bits per heavy atom. The molecule has 2 amide bonds. The van der Waals surface area contributed by atoms with E-state index < -0.39 is 11.5 Å². The molecule has 0 unspecified atom stereocenters. The maximum atomic E-state index is 13.5. The van der Waals surface area contributed by atoms with Crippen molar-refractivity contribution in [3.63, 3.8) is 0 Å². The third kappa shape index (κ3) is 5.27. The van der Waals surface area contributed by atoms with E-state index >= 15 is 0 Å². The zero-order valence-electron chi connectivity index (χ0n) is 20.7. The molecule has 1 saturated heterocycles. The van der Waals surface area contributed by atoms with Gasteiger partial charge in [0.05, 0.1) is 0 Å². The second-order valence-electron chi connectivity index (χ2n) is 10.2. The molecule has 37 heavy (non-hydrogen) atoms. The lowest BCUT2D eigenvalue weighted by Gasteiger charge is -2.45. The van der Waals surface area contributed by atoms with Crippen molar-refractivity contribution >= 4 is 34.4 Å². The fourth-order valence-corrected chi connectivity index (χ4v) is 4.77. The lowest BCUT2D eigenvalue weighted by atomic mass is 9.84. The molecule has 0 atom stereocenters. The van der Waals surface area contributed by atoms with E-state index in [1.165, 1.54) is 4.57 Å². The molecule has 4 aromatic rings. The summed E-state index contributed by atoms with van der Waals surface area (Å²) in [7, 11) is 0. The van der Waals surface area contributed by atoms with E-state index in [1.54, 1.807) is 29.3 Å². The maximum absolute atomic E-state index is 13.5. The van der Waals surface area contributed by atoms with Crippen molar-refractivity contribution in [1.82, 2.24) is 19.8 Å². The Bertz CT molecular complexity index is 1540. The first-order valence-electron chi connectivity index (χ1n) is 12.1. The third-order valence-corrected chi connectivity index (χ3v) is 6.78. The molecule has 5 rings (SSSR count). The number of carbonyl (C=O) groups excluding carboxylic acids is 2. The Morgan fingerprint density at radius 1 is 1.00 bits per heavy atom. The van der Waals surface area contributed by atoms with E-state index in [4.69, 9.17) is 11.6 Å². The van der Waals surface area contributed by atoms with Crippen molar-refractivity contribution < 1.29 is 9.59 Å². The number of nitrogens with one attached hydrogen (secondary N) is 1. The van der Waals surface area contributed by atoms with Crippen molar-refractivity contribution in [2.75, 3.05) is 13.1 Å². The van der Waals surface area contributed by atoms with Crippen LogP contribution in [0.15, 0.2) is 77.7 Å². The number of nitrogens with zero attached hydrogens (tertiary/aromatic N) is 3. The summed E-state index contributed by atoms with van der Waals surface area (Å²) in [5.74, 6) is -0.686. The van der Waals surface area contributed by atoms with Gasteiger partial charge < -0.3 is 10.2 Å². The molecule has 2 aromatic heterocycles. The van der Waals surface area contributed by atoms with Gasteiger partial charge in [0.1, 0.15) is 17.8 Å². The fourth-order valence-electron chi connectivity index (χ4n) is 4.64. The molecule has 0 radical (unpaired) electrons. The molecule has 0 saturated carbocycles. The number of benzene rings is 2. The zero-order chi connectivity index (χ0) is 26.2. The van der Waals surface area contributed by atoms with Gasteiger partial charge in [-0.3, -0.25) is 19.0 Å². The molecule has 0 bridgehead atoms. The Balaban J connectivity index is 1.52. The highest BCUT2D eigenvalue weighted by Gasteiger charge is 2.37. The number of aromatic nitrogens is 2. The van der Waals surface area contributed by atoms with E-state index in [1.807, 2.05) is 48.5 Å². The highest BCUT2D eigenvalue weighted by Crippen LogP contribution is 2.29. The summed E-state index contributed by atoms with van der Waals surface area (Å²) in [6, 6.07) is 20.3. The minimum Gasteiger partial charge on any atom is -0.348 e. The van der Waals surface area contributed by atoms with Crippen LogP contribution in [0, 0.1) is 5.41 Å². The Kier molecular flexibility index (Phi) is 6.56. The number of halogens is 1. The molecule has 7 nitrogen and oxygen atoms in total. The molecule has 3 heterocycles. The summed E-state index contributed by atoms with van der Waals surface area (Å²) in [6.45, 7) is 5.50. The number of hydrogen-bond donors (Lipinski definition) is 1. The standard InChI is InChI=1S/C29H27ClN4O3/c1-29(2)17-33(18-29)25(35)16-34-26-21(12-22(15-31-26)20-6-4-3-5-7-20)13-24(28(34)37)27(36)32-14-19-8-10-23(30)11-9-19/h3-13,15H,14,16-18H2,1-2H3,(H,32,36). The predicted octanol–water partition coefficient (Wildman–Crippen LogP) is 4.52. The van der Waals surface area contributed by atoms with Crippen molar-refractivity contribution in [2.24, 2.45) is 5.41 Å². The highest BCUT2D eigenvalue weighted by atomic mass is 35.5. The first-order valence-corrected chi connectivity index (χ1v) is 12.5. The number of amides is 2. The molecular formula is C29H27ClN4O3. The van der Waals surface area contributed by atoms with Gasteiger partial charge in [0.2, 0.25) is 5.91 Å². The second kappa shape index (κ2) is 9.82. The molecule has 188 valence electrons. The summed E-state index contributed by atoms with van der Waals surface area (Å²) in [5, 5.41) is 4.02. The van der Waals surface area contributed by atoms with Gasteiger partial charge in [-0.25, -0.2) is 4.98 Å². The topological polar surface area (TPSA) is 84.3 Å². The minimum atomic E-state index is -0.547. The summed E-state index contributed by atoms with van der Waals surface area (Å²) in [6.07, 6.45) is 1.69. The van der Waals surface area contributed by atoms with Gasteiger partial charge >= 0.3 is 0 Å². The largest absolute Gasteiger partial charge is 0.348 e. The van der Waals surface area contributed by atoms with Gasteiger partial charge in [-0.05, 0) is 40.8 Å². The van der Waals surface area contributed by atoms with Crippen LogP contribution in [0.1, 0.15) is 29.8 Å². The number of carbonyl (C=O) groups is 2. The van der Waals surface area contributed by atoms with E-state index in [0.717, 1.165) is 16.7 Å². The first-order chi connectivity index (χ1) is 17.7. The summed E-state index contributed by atoms with van der Waals surface area (Å²) in [5.41, 5.74) is 2.51. The fraction of sp³-hybridized carbons (Fsp3) is 0.241. The number of fused-ring (bicyclic) bond motifs is 1. The maximum Gasteiger partial charge on any atom is 0.265 e. The zero-order valence-corrected chi connectivity index (χ0v) is 21.5. The molecule has 1 N–H and O–H groups in total. The first kappa shape index (κ1) is 24.7. The van der Waals surface area contributed by atoms with Gasteiger partial charge in [-0.2, -0.15) is 0 Å². The number of likely N-dealkylation sites (tertiary alicyclic amines) is 1. The summed E-state index contributed by atoms with van der Waals surface area (Å²) < 4.78 is 1.31. The molecule has 1 aliphatic heterocycles. The van der Waals surface area contributed by atoms with Gasteiger partial charge in [0, 0.05) is 41.8 Å². The summed E-state index contributed by atoms with van der Waals surface area (Å²) in [4.78, 5) is 46.0. The smallest absolute Gasteiger partial charge is 0.265 e. The Morgan fingerprint density at radius 2 is 1.70 bits per heavy atom. The van der Waals surface area contributed by atoms with Crippen LogP contribution in [0.25, 0.3) is 22.2 Å². The van der Waals surface area contributed by atoms with Crippen LogP contribution in [-0.4, -0.2) is 39.4 Å². The SMILES string of the molecule is CC1(C)CN(C(=O)Cn2c(=O)c(C(=O)NCc3ccc(Cl)cc3)cc3cc(-c4ccccc4)cnc32)C1. The average molecular weight is 515 g/mol. The lowest BCUT2D eigenvalue weighted by molar-refractivity contribution is -0.142. The van der Waals surface area contributed by atoms with Crippen molar-refractivity contribution in [2.45, 2.75) is 26.9 Å². The van der Waals surface area contributed by atoms with E-state index in [-0.39, 0.29) is 30.0 Å². The lowest BCUT2D eigenvalue weighted by Crippen LogP contribution is -2.56. The molecule has 1 aliphatic rings. The van der Waals surface area contributed by atoms with Crippen LogP contribution < -0.4 is 10.9 Å². The van der Waals surface area contributed by atoms with Gasteiger partial charge in [-0.1, -0.05) is 67.9 Å². The number of pyridine rings is 2. The molecule has 1 fully saturated rings. The van der Waals surface area contributed by atoms with Crippen molar-refractivity contribution in [1.29, 1.82) is 0 Å². The molecule has 0 aliphatic carbocycles. The minimum absolute atomic E-state index is 0.0368. The van der Waals surface area contributed by atoms with Gasteiger partial charge in [0.15, 0.2) is 0 Å². The monoisotopic (exact) mass is 514 g/mol. The molecule has 8 heteroatoms. The van der Waals surface area contributed by atoms with Crippen LogP contribution in [0.4, 0.5) is 0 Å². The van der Waals surface area contributed by atoms with Crippen LogP contribution in [0.2, 0.25) is 5.02 Å². The van der Waals surface area contributed by atoms with E-state index in [2.05, 4.69) is 24.1 Å². The highest BCUT2D eigenvalue weighted by molar-refractivity contribution is 6.30. The van der Waals surface area contributed by atoms with Gasteiger partial charge in [0.25, 0.3) is 11.5 Å². The van der Waals surface area contributed by atoms with Crippen LogP contribution in [0.3, 0.4) is 0 Å². The van der Waals surface area contributed by atoms with Crippen LogP contribution in [-0.2, 0) is 17.9 Å². The quantitative estimate of drug-likeness (QED) is 0.410. The van der Waals surface area contributed by atoms with Crippen molar-refractivity contribution in [3.05, 3.63) is 99.4 Å². The van der Waals surface area contributed by atoms with E-state index in [9.17, 15) is 14.4 Å².